The maximum Gasteiger partial charge on any atom is 0.244 e. The Labute approximate surface area is 156 Å². The van der Waals surface area contributed by atoms with Crippen molar-refractivity contribution in [2.75, 3.05) is 7.11 Å². The van der Waals surface area contributed by atoms with Crippen molar-refractivity contribution in [2.45, 2.75) is 75.0 Å². The van der Waals surface area contributed by atoms with E-state index in [0.717, 1.165) is 18.1 Å². The molecule has 1 N–H and O–H groups in total. The number of nitrogens with one attached hydrogen (secondary N) is 1. The molecule has 0 aliphatic heterocycles. The predicted molar refractivity (Wildman–Crippen MR) is 103 cm³/mol. The summed E-state index contributed by atoms with van der Waals surface area (Å²) in [6, 6.07) is 8.07. The average Bonchev–Trinajstić information content (AvgIpc) is 3.06. The number of carbonyl (C=O) groups is 1. The molecule has 0 spiro atoms. The first kappa shape index (κ1) is 20.1. The zero-order valence-corrected chi connectivity index (χ0v) is 16.7. The summed E-state index contributed by atoms with van der Waals surface area (Å²) < 4.78 is 5.22. The molecule has 1 amide bonds. The monoisotopic (exact) mass is 365 g/mol. The van der Waals surface area contributed by atoms with Crippen LogP contribution >= 0.6 is 11.8 Å². The molecule has 1 saturated carbocycles. The molecule has 140 valence electrons. The number of thioether (sulfide) groups is 1. The number of methoxy groups -OCH3 is 1. The fourth-order valence-electron chi connectivity index (χ4n) is 3.10. The van der Waals surface area contributed by atoms with Crippen LogP contribution in [0.4, 0.5) is 0 Å². The van der Waals surface area contributed by atoms with E-state index < -0.39 is 0 Å². The summed E-state index contributed by atoms with van der Waals surface area (Å²) in [5.74, 6) is 1.55. The van der Waals surface area contributed by atoms with Crippen LogP contribution in [0.2, 0.25) is 0 Å². The predicted octanol–water partition coefficient (Wildman–Crippen LogP) is 4.97. The molecule has 4 nitrogen and oxygen atoms in total. The fraction of sp³-hybridized carbons (Fsp3) is 0.650. The number of hydrogen-bond donors (Lipinski definition) is 1. The van der Waals surface area contributed by atoms with Gasteiger partial charge in [-0.25, -0.2) is 5.48 Å². The van der Waals surface area contributed by atoms with Gasteiger partial charge in [0.25, 0.3) is 0 Å². The molecule has 0 bridgehead atoms. The zero-order chi connectivity index (χ0) is 18.3. The minimum Gasteiger partial charge on any atom is -0.497 e. The van der Waals surface area contributed by atoms with Gasteiger partial charge in [-0.15, -0.1) is 11.8 Å². The average molecular weight is 366 g/mol. The number of amides is 1. The fourth-order valence-corrected chi connectivity index (χ4v) is 4.38. The molecule has 0 saturated heterocycles. The van der Waals surface area contributed by atoms with Gasteiger partial charge in [0.1, 0.15) is 5.75 Å². The van der Waals surface area contributed by atoms with E-state index in [1.807, 2.05) is 32.9 Å². The van der Waals surface area contributed by atoms with Crippen LogP contribution in [0.3, 0.4) is 0 Å². The van der Waals surface area contributed by atoms with Crippen LogP contribution in [-0.2, 0) is 9.63 Å². The van der Waals surface area contributed by atoms with Crippen LogP contribution < -0.4 is 10.2 Å². The Morgan fingerprint density at radius 1 is 1.24 bits per heavy atom. The van der Waals surface area contributed by atoms with Crippen molar-refractivity contribution < 1.29 is 14.4 Å². The standard InChI is InChI=1S/C20H31NO3S/c1-20(2,3)24-21-19(22)14-18(13-15-7-5-6-8-15)25-17-11-9-16(23-4)10-12-17/h9-12,15,18H,5-8,13-14H2,1-4H3,(H,21,22). The summed E-state index contributed by atoms with van der Waals surface area (Å²) >= 11 is 1.78. The minimum absolute atomic E-state index is 0.0427. The van der Waals surface area contributed by atoms with E-state index in [2.05, 4.69) is 17.6 Å². The molecular formula is C20H31NO3S. The summed E-state index contributed by atoms with van der Waals surface area (Å²) in [6.45, 7) is 5.78. The van der Waals surface area contributed by atoms with Crippen LogP contribution in [0.15, 0.2) is 29.2 Å². The molecule has 1 fully saturated rings. The summed E-state index contributed by atoms with van der Waals surface area (Å²) in [7, 11) is 1.67. The number of carbonyl (C=O) groups excluding carboxylic acids is 1. The molecule has 1 unspecified atom stereocenters. The number of rotatable bonds is 8. The van der Waals surface area contributed by atoms with E-state index in [1.54, 1.807) is 18.9 Å². The minimum atomic E-state index is -0.375. The van der Waals surface area contributed by atoms with Crippen molar-refractivity contribution in [3.8, 4) is 5.75 Å². The largest absolute Gasteiger partial charge is 0.497 e. The van der Waals surface area contributed by atoms with Gasteiger partial charge in [0.2, 0.25) is 5.91 Å². The van der Waals surface area contributed by atoms with Crippen LogP contribution in [0, 0.1) is 5.92 Å². The second-order valence-electron chi connectivity index (χ2n) is 7.75. The quantitative estimate of drug-likeness (QED) is 0.522. The van der Waals surface area contributed by atoms with Gasteiger partial charge in [0.05, 0.1) is 12.7 Å². The van der Waals surface area contributed by atoms with Crippen molar-refractivity contribution >= 4 is 17.7 Å². The third-order valence-corrected chi connectivity index (χ3v) is 5.55. The van der Waals surface area contributed by atoms with Gasteiger partial charge >= 0.3 is 0 Å². The Balaban J connectivity index is 1.94. The smallest absolute Gasteiger partial charge is 0.244 e. The summed E-state index contributed by atoms with van der Waals surface area (Å²) in [5, 5.41) is 0.264. The molecular weight excluding hydrogens is 334 g/mol. The first-order valence-corrected chi connectivity index (χ1v) is 10.0. The lowest BCUT2D eigenvalue weighted by atomic mass is 10.00. The van der Waals surface area contributed by atoms with E-state index >= 15 is 0 Å². The Morgan fingerprint density at radius 3 is 2.44 bits per heavy atom. The van der Waals surface area contributed by atoms with Crippen LogP contribution in [0.1, 0.15) is 59.3 Å². The molecule has 0 heterocycles. The van der Waals surface area contributed by atoms with Gasteiger partial charge in [-0.1, -0.05) is 25.7 Å². The maximum absolute atomic E-state index is 12.3. The normalized spacial score (nSPS) is 16.6. The second-order valence-corrected chi connectivity index (χ2v) is 9.12. The molecule has 25 heavy (non-hydrogen) atoms. The van der Waals surface area contributed by atoms with E-state index in [9.17, 15) is 4.79 Å². The molecule has 0 radical (unpaired) electrons. The van der Waals surface area contributed by atoms with Gasteiger partial charge in [0.15, 0.2) is 0 Å². The SMILES string of the molecule is COc1ccc(SC(CC(=O)NOC(C)(C)C)CC2CCCC2)cc1. The molecule has 2 rings (SSSR count). The highest BCUT2D eigenvalue weighted by molar-refractivity contribution is 8.00. The molecule has 5 heteroatoms. The van der Waals surface area contributed by atoms with Gasteiger partial charge in [-0.2, -0.15) is 0 Å². The van der Waals surface area contributed by atoms with Gasteiger partial charge in [-0.05, 0) is 57.4 Å². The Hall–Kier alpha value is -1.20. The van der Waals surface area contributed by atoms with E-state index in [-0.39, 0.29) is 16.8 Å². The van der Waals surface area contributed by atoms with E-state index in [4.69, 9.17) is 9.57 Å². The molecule has 1 aliphatic carbocycles. The Kier molecular flexibility index (Phi) is 7.63. The zero-order valence-electron chi connectivity index (χ0n) is 15.8. The second kappa shape index (κ2) is 9.48. The Morgan fingerprint density at radius 2 is 1.88 bits per heavy atom. The topological polar surface area (TPSA) is 47.6 Å². The van der Waals surface area contributed by atoms with E-state index in [0.29, 0.717) is 6.42 Å². The molecule has 1 aromatic rings. The number of hydroxylamine groups is 1. The van der Waals surface area contributed by atoms with Crippen LogP contribution in [-0.4, -0.2) is 23.9 Å². The molecule has 1 atom stereocenters. The maximum atomic E-state index is 12.3. The van der Waals surface area contributed by atoms with Gasteiger partial charge in [0, 0.05) is 16.6 Å². The van der Waals surface area contributed by atoms with E-state index in [1.165, 1.54) is 30.6 Å². The highest BCUT2D eigenvalue weighted by Gasteiger charge is 2.24. The van der Waals surface area contributed by atoms with Crippen LogP contribution in [0.5, 0.6) is 5.75 Å². The molecule has 0 aromatic heterocycles. The van der Waals surface area contributed by atoms with Crippen molar-refractivity contribution in [1.82, 2.24) is 5.48 Å². The van der Waals surface area contributed by atoms with Crippen molar-refractivity contribution in [3.63, 3.8) is 0 Å². The van der Waals surface area contributed by atoms with Crippen molar-refractivity contribution in [2.24, 2.45) is 5.92 Å². The lowest BCUT2D eigenvalue weighted by Gasteiger charge is -2.22. The third kappa shape index (κ3) is 7.70. The summed E-state index contributed by atoms with van der Waals surface area (Å²) in [4.78, 5) is 18.9. The lowest BCUT2D eigenvalue weighted by molar-refractivity contribution is -0.145. The molecule has 1 aromatic carbocycles. The van der Waals surface area contributed by atoms with Gasteiger partial charge < -0.3 is 4.74 Å². The summed E-state index contributed by atoms with van der Waals surface area (Å²) in [6.07, 6.45) is 6.79. The number of ether oxygens (including phenoxy) is 1. The number of benzene rings is 1. The molecule has 1 aliphatic rings. The summed E-state index contributed by atoms with van der Waals surface area (Å²) in [5.41, 5.74) is 2.23. The Bertz CT molecular complexity index is 533. The van der Waals surface area contributed by atoms with Gasteiger partial charge in [-0.3, -0.25) is 9.63 Å². The first-order chi connectivity index (χ1) is 11.9. The third-order valence-electron chi connectivity index (χ3n) is 4.32. The number of hydrogen-bond acceptors (Lipinski definition) is 4. The van der Waals surface area contributed by atoms with Crippen molar-refractivity contribution in [1.29, 1.82) is 0 Å². The first-order valence-electron chi connectivity index (χ1n) is 9.13. The highest BCUT2D eigenvalue weighted by atomic mass is 32.2. The lowest BCUT2D eigenvalue weighted by Crippen LogP contribution is -2.35. The van der Waals surface area contributed by atoms with Crippen LogP contribution in [0.25, 0.3) is 0 Å². The highest BCUT2D eigenvalue weighted by Crippen LogP contribution is 2.36. The van der Waals surface area contributed by atoms with Crippen molar-refractivity contribution in [3.05, 3.63) is 24.3 Å².